The third-order valence-electron chi connectivity index (χ3n) is 3.02. The molecular weight excluding hydrogens is 272 g/mol. The van der Waals surface area contributed by atoms with E-state index in [0.717, 1.165) is 12.0 Å². The first-order chi connectivity index (χ1) is 8.82. The summed E-state index contributed by atoms with van der Waals surface area (Å²) in [6, 6.07) is 8.28. The average Bonchev–Trinajstić information content (AvgIpc) is 2.30. The van der Waals surface area contributed by atoms with Crippen molar-refractivity contribution >= 4 is 18.3 Å². The van der Waals surface area contributed by atoms with Gasteiger partial charge in [0.25, 0.3) is 0 Å². The van der Waals surface area contributed by atoms with E-state index >= 15 is 0 Å². The lowest BCUT2D eigenvalue weighted by Crippen LogP contribution is -2.49. The summed E-state index contributed by atoms with van der Waals surface area (Å²) in [5.74, 6) is 0.673. The largest absolute Gasteiger partial charge is 0.350 e. The number of rotatable bonds is 6. The van der Waals surface area contributed by atoms with Crippen LogP contribution in [-0.4, -0.2) is 18.0 Å². The van der Waals surface area contributed by atoms with Gasteiger partial charge in [-0.2, -0.15) is 0 Å². The fourth-order valence-corrected chi connectivity index (χ4v) is 1.92. The minimum absolute atomic E-state index is 0. The summed E-state index contributed by atoms with van der Waals surface area (Å²) in [5, 5.41) is 2.94. The monoisotopic (exact) mass is 298 g/mol. The van der Waals surface area contributed by atoms with Crippen molar-refractivity contribution in [2.24, 2.45) is 11.7 Å². The molecular formula is C16H27ClN2O. The van der Waals surface area contributed by atoms with Crippen LogP contribution in [0.2, 0.25) is 0 Å². The van der Waals surface area contributed by atoms with Gasteiger partial charge in [-0.1, -0.05) is 38.1 Å². The Morgan fingerprint density at radius 3 is 2.15 bits per heavy atom. The highest BCUT2D eigenvalue weighted by Gasteiger charge is 2.18. The van der Waals surface area contributed by atoms with Crippen LogP contribution in [0.4, 0.5) is 0 Å². The smallest absolute Gasteiger partial charge is 0.224 e. The molecule has 0 aliphatic carbocycles. The van der Waals surface area contributed by atoms with Crippen LogP contribution in [0.1, 0.15) is 38.8 Å². The summed E-state index contributed by atoms with van der Waals surface area (Å²) >= 11 is 0. The molecule has 0 atom stereocenters. The molecule has 20 heavy (non-hydrogen) atoms. The number of carbonyl (C=O) groups is 1. The molecule has 1 aromatic rings. The van der Waals surface area contributed by atoms with Gasteiger partial charge in [0.05, 0.1) is 6.42 Å². The van der Waals surface area contributed by atoms with Crippen molar-refractivity contribution in [3.8, 4) is 0 Å². The Hall–Kier alpha value is -1.06. The summed E-state index contributed by atoms with van der Waals surface area (Å²) in [6.07, 6.45) is 1.48. The van der Waals surface area contributed by atoms with E-state index in [1.807, 2.05) is 26.0 Å². The fourth-order valence-electron chi connectivity index (χ4n) is 1.92. The Balaban J connectivity index is 0.00000361. The Bertz CT molecular complexity index is 413. The summed E-state index contributed by atoms with van der Waals surface area (Å²) in [4.78, 5) is 11.9. The number of hydrogen-bond donors (Lipinski definition) is 2. The number of nitrogens with one attached hydrogen (secondary N) is 1. The Labute approximate surface area is 128 Å². The van der Waals surface area contributed by atoms with E-state index in [9.17, 15) is 4.79 Å². The first-order valence-corrected chi connectivity index (χ1v) is 6.91. The van der Waals surface area contributed by atoms with Crippen LogP contribution in [0.5, 0.6) is 0 Å². The molecule has 0 spiro atoms. The minimum atomic E-state index is -0.339. The third kappa shape index (κ3) is 6.92. The second kappa shape index (κ2) is 8.28. The van der Waals surface area contributed by atoms with Gasteiger partial charge < -0.3 is 11.1 Å². The van der Waals surface area contributed by atoms with Crippen LogP contribution in [0, 0.1) is 5.92 Å². The molecule has 3 N–H and O–H groups in total. The van der Waals surface area contributed by atoms with E-state index in [0.29, 0.717) is 18.9 Å². The molecule has 0 heterocycles. The lowest BCUT2D eigenvalue weighted by molar-refractivity contribution is -0.121. The molecule has 3 nitrogen and oxygen atoms in total. The lowest BCUT2D eigenvalue weighted by Gasteiger charge is -2.24. The van der Waals surface area contributed by atoms with Gasteiger partial charge in [-0.25, -0.2) is 0 Å². The normalized spacial score (nSPS) is 11.1. The van der Waals surface area contributed by atoms with Crippen LogP contribution in [0.25, 0.3) is 0 Å². The van der Waals surface area contributed by atoms with Crippen LogP contribution in [0.15, 0.2) is 24.3 Å². The number of hydrogen-bond acceptors (Lipinski definition) is 2. The fraction of sp³-hybridized carbons (Fsp3) is 0.562. The van der Waals surface area contributed by atoms with Crippen LogP contribution < -0.4 is 11.1 Å². The first kappa shape index (κ1) is 18.9. The predicted molar refractivity (Wildman–Crippen MR) is 87.2 cm³/mol. The summed E-state index contributed by atoms with van der Waals surface area (Å²) in [5.41, 5.74) is 7.62. The lowest BCUT2D eigenvalue weighted by atomic mass is 10.0. The number of carbonyl (C=O) groups excluding carboxylic acids is 1. The van der Waals surface area contributed by atoms with Gasteiger partial charge >= 0.3 is 0 Å². The second-order valence-corrected chi connectivity index (χ2v) is 6.23. The zero-order valence-corrected chi connectivity index (χ0v) is 13.7. The van der Waals surface area contributed by atoms with Gasteiger partial charge in [0.15, 0.2) is 0 Å². The summed E-state index contributed by atoms with van der Waals surface area (Å²) in [6.45, 7) is 8.70. The van der Waals surface area contributed by atoms with Crippen molar-refractivity contribution in [1.29, 1.82) is 0 Å². The predicted octanol–water partition coefficient (Wildman–Crippen LogP) is 2.70. The van der Waals surface area contributed by atoms with Crippen molar-refractivity contribution in [1.82, 2.24) is 5.32 Å². The van der Waals surface area contributed by atoms with E-state index in [-0.39, 0.29) is 23.9 Å². The molecule has 0 saturated carbocycles. The highest BCUT2D eigenvalue weighted by molar-refractivity contribution is 5.85. The van der Waals surface area contributed by atoms with Crippen molar-refractivity contribution in [2.45, 2.75) is 46.1 Å². The van der Waals surface area contributed by atoms with E-state index in [2.05, 4.69) is 31.3 Å². The first-order valence-electron chi connectivity index (χ1n) is 6.91. The number of halogens is 1. The van der Waals surface area contributed by atoms with Crippen molar-refractivity contribution in [3.05, 3.63) is 35.4 Å². The number of benzene rings is 1. The highest BCUT2D eigenvalue weighted by atomic mass is 35.5. The van der Waals surface area contributed by atoms with E-state index in [4.69, 9.17) is 5.73 Å². The maximum Gasteiger partial charge on any atom is 0.224 e. The quantitative estimate of drug-likeness (QED) is 0.848. The molecule has 0 fully saturated rings. The van der Waals surface area contributed by atoms with Crippen molar-refractivity contribution < 1.29 is 4.79 Å². The van der Waals surface area contributed by atoms with Crippen LogP contribution in [0.3, 0.4) is 0 Å². The Kier molecular flexibility index (Phi) is 7.84. The van der Waals surface area contributed by atoms with E-state index < -0.39 is 0 Å². The van der Waals surface area contributed by atoms with E-state index in [1.54, 1.807) is 0 Å². The molecule has 114 valence electrons. The number of amides is 1. The molecule has 0 radical (unpaired) electrons. The average molecular weight is 299 g/mol. The van der Waals surface area contributed by atoms with Crippen molar-refractivity contribution in [3.63, 3.8) is 0 Å². The SMILES string of the molecule is CC(C)Cc1ccc(CC(=O)NC(C)(C)CN)cc1.Cl. The topological polar surface area (TPSA) is 55.1 Å². The molecule has 0 aliphatic heterocycles. The van der Waals surface area contributed by atoms with Crippen LogP contribution in [-0.2, 0) is 17.6 Å². The molecule has 0 unspecified atom stereocenters. The van der Waals surface area contributed by atoms with E-state index in [1.165, 1.54) is 5.56 Å². The Morgan fingerprint density at radius 2 is 1.70 bits per heavy atom. The Morgan fingerprint density at radius 1 is 1.20 bits per heavy atom. The minimum Gasteiger partial charge on any atom is -0.350 e. The molecule has 1 rings (SSSR count). The van der Waals surface area contributed by atoms with Gasteiger partial charge in [-0.15, -0.1) is 12.4 Å². The van der Waals surface area contributed by atoms with Gasteiger partial charge in [-0.05, 0) is 37.3 Å². The molecule has 1 aromatic carbocycles. The summed E-state index contributed by atoms with van der Waals surface area (Å²) in [7, 11) is 0. The zero-order valence-electron chi connectivity index (χ0n) is 12.9. The number of nitrogens with two attached hydrogens (primary N) is 1. The molecule has 0 saturated heterocycles. The van der Waals surface area contributed by atoms with Crippen LogP contribution >= 0.6 is 12.4 Å². The molecule has 0 bridgehead atoms. The standard InChI is InChI=1S/C16H26N2O.ClH/c1-12(2)9-13-5-7-14(8-6-13)10-15(19)18-16(3,4)11-17;/h5-8,12H,9-11,17H2,1-4H3,(H,18,19);1H. The molecule has 0 aromatic heterocycles. The summed E-state index contributed by atoms with van der Waals surface area (Å²) < 4.78 is 0. The molecule has 0 aliphatic rings. The third-order valence-corrected chi connectivity index (χ3v) is 3.02. The molecule has 4 heteroatoms. The van der Waals surface area contributed by atoms with Gasteiger partial charge in [-0.3, -0.25) is 4.79 Å². The maximum atomic E-state index is 11.9. The highest BCUT2D eigenvalue weighted by Crippen LogP contribution is 2.10. The zero-order chi connectivity index (χ0) is 14.5. The van der Waals surface area contributed by atoms with Gasteiger partial charge in [0.1, 0.15) is 0 Å². The second-order valence-electron chi connectivity index (χ2n) is 6.23. The molecule has 1 amide bonds. The van der Waals surface area contributed by atoms with Crippen molar-refractivity contribution in [2.75, 3.05) is 6.54 Å². The van der Waals surface area contributed by atoms with Gasteiger partial charge in [0.2, 0.25) is 5.91 Å². The maximum absolute atomic E-state index is 11.9. The van der Waals surface area contributed by atoms with Gasteiger partial charge in [0, 0.05) is 12.1 Å².